The summed E-state index contributed by atoms with van der Waals surface area (Å²) in [6.45, 7) is -0.215. The molecule has 0 bridgehead atoms. The molecule has 3 aromatic carbocycles. The van der Waals surface area contributed by atoms with Crippen LogP contribution in [0.25, 0.3) is 0 Å². The van der Waals surface area contributed by atoms with Gasteiger partial charge >= 0.3 is 0 Å². The number of benzene rings is 3. The highest BCUT2D eigenvalue weighted by Gasteiger charge is 2.27. The third-order valence-corrected chi connectivity index (χ3v) is 5.83. The van der Waals surface area contributed by atoms with Crippen molar-refractivity contribution in [3.63, 3.8) is 0 Å². The number of hydrazone groups is 1. The molecule has 7 nitrogen and oxygen atoms in total. The molecule has 8 heteroatoms. The molecule has 34 heavy (non-hydrogen) atoms. The van der Waals surface area contributed by atoms with Gasteiger partial charge in [0.2, 0.25) is 5.91 Å². The van der Waals surface area contributed by atoms with Crippen molar-refractivity contribution >= 4 is 51.0 Å². The van der Waals surface area contributed by atoms with Crippen molar-refractivity contribution in [2.24, 2.45) is 10.1 Å². The van der Waals surface area contributed by atoms with Gasteiger partial charge in [0.05, 0.1) is 17.6 Å². The quantitative estimate of drug-likeness (QED) is 0.398. The van der Waals surface area contributed by atoms with Crippen LogP contribution < -0.4 is 15.2 Å². The van der Waals surface area contributed by atoms with Crippen LogP contribution in [-0.2, 0) is 9.59 Å². The Hall–Kier alpha value is -3.78. The third kappa shape index (κ3) is 5.40. The first-order valence-electron chi connectivity index (χ1n) is 10.7. The first-order chi connectivity index (χ1) is 16.4. The Balaban J connectivity index is 1.52. The predicted molar refractivity (Wildman–Crippen MR) is 140 cm³/mol. The molecule has 1 N–H and O–H groups in total. The van der Waals surface area contributed by atoms with Gasteiger partial charge < -0.3 is 9.80 Å². The van der Waals surface area contributed by atoms with E-state index in [0.717, 1.165) is 26.9 Å². The standard InChI is InChI=1S/C26H24BrN5O2/c1-31(2)21-11-8-18(9-12-21)15-29-30-24(33)17-32-23-13-10-20(27)14-22(23)26(28-16-25(32)34)19-6-4-3-5-7-19/h3-15H,16-17H2,1-2H3,(H,30,33)/b29-15-. The lowest BCUT2D eigenvalue weighted by Gasteiger charge is -2.22. The second-order valence-electron chi connectivity index (χ2n) is 7.95. The molecule has 172 valence electrons. The van der Waals surface area contributed by atoms with Crippen molar-refractivity contribution in [1.82, 2.24) is 5.43 Å². The molecule has 0 radical (unpaired) electrons. The van der Waals surface area contributed by atoms with Crippen molar-refractivity contribution in [3.8, 4) is 0 Å². The van der Waals surface area contributed by atoms with E-state index in [2.05, 4.69) is 31.4 Å². The highest BCUT2D eigenvalue weighted by molar-refractivity contribution is 9.10. The molecule has 3 aromatic rings. The van der Waals surface area contributed by atoms with E-state index < -0.39 is 5.91 Å². The third-order valence-electron chi connectivity index (χ3n) is 5.34. The van der Waals surface area contributed by atoms with E-state index >= 15 is 0 Å². The lowest BCUT2D eigenvalue weighted by molar-refractivity contribution is -0.123. The molecule has 1 aliphatic rings. The van der Waals surface area contributed by atoms with Crippen LogP contribution in [0, 0.1) is 0 Å². The molecule has 4 rings (SSSR count). The SMILES string of the molecule is CN(C)c1ccc(/C=N\NC(=O)CN2C(=O)CN=C(c3ccccc3)c3cc(Br)ccc32)cc1. The zero-order chi connectivity index (χ0) is 24.1. The maximum Gasteiger partial charge on any atom is 0.260 e. The Morgan fingerprint density at radius 2 is 1.85 bits per heavy atom. The maximum atomic E-state index is 12.9. The average Bonchev–Trinajstić information content (AvgIpc) is 2.96. The largest absolute Gasteiger partial charge is 0.378 e. The van der Waals surface area contributed by atoms with Crippen LogP contribution in [0.2, 0.25) is 0 Å². The number of halogens is 1. The van der Waals surface area contributed by atoms with Gasteiger partial charge in [0.25, 0.3) is 5.91 Å². The number of anilines is 2. The molecule has 0 unspecified atom stereocenters. The summed E-state index contributed by atoms with van der Waals surface area (Å²) in [5.41, 5.74) is 7.48. The number of benzodiazepines with no additional fused rings is 1. The number of amides is 2. The van der Waals surface area contributed by atoms with Gasteiger partial charge in [-0.15, -0.1) is 0 Å². The lowest BCUT2D eigenvalue weighted by Crippen LogP contribution is -2.40. The van der Waals surface area contributed by atoms with Crippen LogP contribution in [0.4, 0.5) is 11.4 Å². The number of carbonyl (C=O) groups excluding carboxylic acids is 2. The van der Waals surface area contributed by atoms with Crippen LogP contribution in [0.5, 0.6) is 0 Å². The first kappa shape index (κ1) is 23.4. The molecule has 0 aliphatic carbocycles. The van der Waals surface area contributed by atoms with Gasteiger partial charge in [-0.1, -0.05) is 58.4 Å². The summed E-state index contributed by atoms with van der Waals surface area (Å²) < 4.78 is 0.860. The fraction of sp³-hybridized carbons (Fsp3) is 0.154. The Labute approximate surface area is 206 Å². The lowest BCUT2D eigenvalue weighted by atomic mass is 10.0. The average molecular weight is 518 g/mol. The zero-order valence-corrected chi connectivity index (χ0v) is 20.5. The summed E-state index contributed by atoms with van der Waals surface area (Å²) in [4.78, 5) is 33.6. The Morgan fingerprint density at radius 1 is 1.12 bits per heavy atom. The molecular formula is C26H24BrN5O2. The van der Waals surface area contributed by atoms with E-state index in [9.17, 15) is 9.59 Å². The number of fused-ring (bicyclic) bond motifs is 1. The zero-order valence-electron chi connectivity index (χ0n) is 18.9. The van der Waals surface area contributed by atoms with Gasteiger partial charge in [-0.05, 0) is 35.9 Å². The monoisotopic (exact) mass is 517 g/mol. The number of rotatable bonds is 6. The minimum Gasteiger partial charge on any atom is -0.378 e. The molecular weight excluding hydrogens is 494 g/mol. The summed E-state index contributed by atoms with van der Waals surface area (Å²) >= 11 is 3.51. The first-order valence-corrected chi connectivity index (χ1v) is 11.5. The number of aliphatic imine (C=N–C) groups is 1. The van der Waals surface area contributed by atoms with E-state index in [4.69, 9.17) is 0 Å². The summed E-state index contributed by atoms with van der Waals surface area (Å²) in [6.07, 6.45) is 1.57. The molecule has 0 fully saturated rings. The van der Waals surface area contributed by atoms with Gasteiger partial charge in [0, 0.05) is 35.4 Å². The van der Waals surface area contributed by atoms with Crippen molar-refractivity contribution in [1.29, 1.82) is 0 Å². The number of hydrogen-bond donors (Lipinski definition) is 1. The molecule has 0 saturated carbocycles. The van der Waals surface area contributed by atoms with E-state index in [1.54, 1.807) is 6.21 Å². The van der Waals surface area contributed by atoms with Gasteiger partial charge in [-0.2, -0.15) is 5.10 Å². The Bertz CT molecular complexity index is 1250. The second kappa shape index (κ2) is 10.4. The fourth-order valence-electron chi connectivity index (χ4n) is 3.62. The van der Waals surface area contributed by atoms with Crippen molar-refractivity contribution in [2.75, 3.05) is 37.0 Å². The summed E-state index contributed by atoms with van der Waals surface area (Å²) in [5.74, 6) is -0.653. The maximum absolute atomic E-state index is 12.9. The highest BCUT2D eigenvalue weighted by atomic mass is 79.9. The van der Waals surface area contributed by atoms with E-state index in [1.165, 1.54) is 4.90 Å². The number of carbonyl (C=O) groups is 2. The van der Waals surface area contributed by atoms with Crippen LogP contribution in [0.3, 0.4) is 0 Å². The number of nitrogens with zero attached hydrogens (tertiary/aromatic N) is 4. The van der Waals surface area contributed by atoms with Gasteiger partial charge in [0.15, 0.2) is 0 Å². The Morgan fingerprint density at radius 3 is 2.56 bits per heavy atom. The van der Waals surface area contributed by atoms with Crippen LogP contribution in [0.15, 0.2) is 87.4 Å². The summed E-state index contributed by atoms with van der Waals surface area (Å²) in [5, 5.41) is 4.05. The topological polar surface area (TPSA) is 77.4 Å². The number of hydrogen-bond acceptors (Lipinski definition) is 5. The predicted octanol–water partition coefficient (Wildman–Crippen LogP) is 3.85. The normalized spacial score (nSPS) is 13.3. The van der Waals surface area contributed by atoms with E-state index in [-0.39, 0.29) is 19.0 Å². The highest BCUT2D eigenvalue weighted by Crippen LogP contribution is 2.29. The smallest absolute Gasteiger partial charge is 0.260 e. The summed E-state index contributed by atoms with van der Waals surface area (Å²) in [7, 11) is 3.94. The van der Waals surface area contributed by atoms with E-state index in [1.807, 2.05) is 91.8 Å². The van der Waals surface area contributed by atoms with Gasteiger partial charge in [0.1, 0.15) is 13.1 Å². The minimum atomic E-state index is -0.397. The van der Waals surface area contributed by atoms with Gasteiger partial charge in [-0.3, -0.25) is 14.6 Å². The molecule has 1 heterocycles. The van der Waals surface area contributed by atoms with E-state index in [0.29, 0.717) is 11.4 Å². The van der Waals surface area contributed by atoms with Crippen molar-refractivity contribution < 1.29 is 9.59 Å². The Kier molecular flexibility index (Phi) is 7.18. The second-order valence-corrected chi connectivity index (χ2v) is 8.87. The minimum absolute atomic E-state index is 0.0503. The molecule has 0 atom stereocenters. The van der Waals surface area contributed by atoms with Gasteiger partial charge in [-0.25, -0.2) is 5.43 Å². The molecule has 2 amide bonds. The van der Waals surface area contributed by atoms with Crippen LogP contribution in [0.1, 0.15) is 16.7 Å². The molecule has 0 saturated heterocycles. The van der Waals surface area contributed by atoms with Crippen LogP contribution in [-0.4, -0.2) is 50.9 Å². The van der Waals surface area contributed by atoms with Crippen molar-refractivity contribution in [2.45, 2.75) is 0 Å². The fourth-order valence-corrected chi connectivity index (χ4v) is 3.98. The van der Waals surface area contributed by atoms with Crippen molar-refractivity contribution in [3.05, 3.63) is 94.0 Å². The molecule has 0 aromatic heterocycles. The molecule has 1 aliphatic heterocycles. The summed E-state index contributed by atoms with van der Waals surface area (Å²) in [6, 6.07) is 23.1. The number of nitrogens with one attached hydrogen (secondary N) is 1. The van der Waals surface area contributed by atoms with Crippen LogP contribution >= 0.6 is 15.9 Å². The molecule has 0 spiro atoms.